The molecule has 5 nitrogen and oxygen atoms in total. The van der Waals surface area contributed by atoms with Gasteiger partial charge in [0.25, 0.3) is 0 Å². The van der Waals surface area contributed by atoms with Crippen LogP contribution in [0, 0.1) is 3.57 Å². The molecule has 1 N–H and O–H groups in total. The molecule has 0 radical (unpaired) electrons. The Morgan fingerprint density at radius 2 is 2.24 bits per heavy atom. The molecule has 0 saturated carbocycles. The van der Waals surface area contributed by atoms with Crippen molar-refractivity contribution in [1.82, 2.24) is 9.55 Å². The number of methoxy groups -OCH3 is 1. The first-order chi connectivity index (χ1) is 9.85. The third-order valence-corrected chi connectivity index (χ3v) is 4.61. The summed E-state index contributed by atoms with van der Waals surface area (Å²) in [5, 5.41) is 9.61. The highest BCUT2D eigenvalue weighted by atomic mass is 127. The average Bonchev–Trinajstić information content (AvgIpc) is 2.74. The number of hydrogen-bond acceptors (Lipinski definition) is 4. The van der Waals surface area contributed by atoms with Crippen molar-refractivity contribution in [2.45, 2.75) is 24.5 Å². The fourth-order valence-corrected chi connectivity index (χ4v) is 3.62. The van der Waals surface area contributed by atoms with Gasteiger partial charge in [-0.1, -0.05) is 11.8 Å². The molecule has 0 bridgehead atoms. The van der Waals surface area contributed by atoms with Crippen LogP contribution in [0.1, 0.15) is 13.8 Å². The first kappa shape index (κ1) is 16.6. The van der Waals surface area contributed by atoms with E-state index in [0.29, 0.717) is 11.8 Å². The minimum absolute atomic E-state index is 0.0104. The predicted octanol–water partition coefficient (Wildman–Crippen LogP) is 3.20. The van der Waals surface area contributed by atoms with Crippen LogP contribution < -0.4 is 0 Å². The van der Waals surface area contributed by atoms with E-state index >= 15 is 0 Å². The van der Waals surface area contributed by atoms with Crippen LogP contribution >= 0.6 is 34.4 Å². The summed E-state index contributed by atoms with van der Waals surface area (Å²) in [5.41, 5.74) is 1.56. The first-order valence-electron chi connectivity index (χ1n) is 6.37. The Bertz CT molecular complexity index is 670. The van der Waals surface area contributed by atoms with E-state index in [2.05, 4.69) is 46.0 Å². The summed E-state index contributed by atoms with van der Waals surface area (Å²) in [6.45, 7) is 4.63. The van der Waals surface area contributed by atoms with Crippen LogP contribution in [0.2, 0.25) is 0 Å². The van der Waals surface area contributed by atoms with Crippen LogP contribution in [-0.2, 0) is 15.1 Å². The molecule has 0 unspecified atom stereocenters. The van der Waals surface area contributed by atoms with Gasteiger partial charge in [-0.15, -0.1) is 0 Å². The quantitative estimate of drug-likeness (QED) is 0.575. The van der Waals surface area contributed by atoms with Gasteiger partial charge >= 0.3 is 5.97 Å². The molecule has 21 heavy (non-hydrogen) atoms. The number of halogens is 1. The molecule has 2 aromatic rings. The normalized spacial score (nSPS) is 12.0. The highest BCUT2D eigenvalue weighted by Crippen LogP contribution is 2.31. The van der Waals surface area contributed by atoms with Crippen LogP contribution in [0.4, 0.5) is 0 Å². The van der Waals surface area contributed by atoms with Crippen LogP contribution in [-0.4, -0.2) is 40.1 Å². The van der Waals surface area contributed by atoms with Gasteiger partial charge < -0.3 is 14.4 Å². The summed E-state index contributed by atoms with van der Waals surface area (Å²) in [5.74, 6) is -0.860. The van der Waals surface area contributed by atoms with E-state index in [1.54, 1.807) is 7.11 Å². The summed E-state index contributed by atoms with van der Waals surface area (Å²) in [6, 6.07) is 6.04. The van der Waals surface area contributed by atoms with Gasteiger partial charge in [-0.05, 0) is 54.6 Å². The lowest BCUT2D eigenvalue weighted by Gasteiger charge is -2.28. The number of nitrogens with zero attached hydrogens (tertiary/aromatic N) is 2. The minimum Gasteiger partial charge on any atom is -0.481 e. The third-order valence-electron chi connectivity index (χ3n) is 3.01. The van der Waals surface area contributed by atoms with E-state index in [1.165, 1.54) is 11.8 Å². The van der Waals surface area contributed by atoms with Gasteiger partial charge in [-0.2, -0.15) is 0 Å². The highest BCUT2D eigenvalue weighted by molar-refractivity contribution is 14.1. The lowest BCUT2D eigenvalue weighted by atomic mass is 10.1. The second kappa shape index (κ2) is 6.53. The summed E-state index contributed by atoms with van der Waals surface area (Å²) in [6.07, 6.45) is 0. The van der Waals surface area contributed by atoms with Gasteiger partial charge in [0.2, 0.25) is 0 Å². The number of thioether (sulfide) groups is 1. The van der Waals surface area contributed by atoms with Gasteiger partial charge in [-0.25, -0.2) is 4.98 Å². The number of ether oxygens (including phenoxy) is 1. The zero-order chi connectivity index (χ0) is 15.6. The number of rotatable bonds is 6. The molecule has 0 saturated heterocycles. The van der Waals surface area contributed by atoms with E-state index in [0.717, 1.165) is 14.6 Å². The van der Waals surface area contributed by atoms with Crippen LogP contribution in [0.25, 0.3) is 11.0 Å². The van der Waals surface area contributed by atoms with E-state index in [1.807, 2.05) is 18.2 Å². The van der Waals surface area contributed by atoms with E-state index < -0.39 is 5.97 Å². The number of aliphatic carboxylic acids is 1. The molecule has 114 valence electrons. The molecule has 0 aliphatic heterocycles. The Morgan fingerprint density at radius 3 is 2.86 bits per heavy atom. The molecule has 0 fully saturated rings. The number of carboxylic acids is 1. The molecular weight excluding hydrogens is 403 g/mol. The highest BCUT2D eigenvalue weighted by Gasteiger charge is 2.26. The molecule has 2 rings (SSSR count). The standard InChI is InChI=1S/C14H17IN2O3S/c1-14(2,8-20-3)17-11-5-4-9(15)6-10(11)16-13(17)21-7-12(18)19/h4-6H,7-8H2,1-3H3,(H,18,19). The number of hydrogen-bond donors (Lipinski definition) is 1. The fourth-order valence-electron chi connectivity index (χ4n) is 2.26. The largest absolute Gasteiger partial charge is 0.481 e. The maximum Gasteiger partial charge on any atom is 0.313 e. The van der Waals surface area contributed by atoms with E-state index in [9.17, 15) is 4.79 Å². The van der Waals surface area contributed by atoms with Gasteiger partial charge in [-0.3, -0.25) is 4.79 Å². The van der Waals surface area contributed by atoms with Crippen molar-refractivity contribution in [2.75, 3.05) is 19.5 Å². The monoisotopic (exact) mass is 420 g/mol. The van der Waals surface area contributed by atoms with Gasteiger partial charge in [0, 0.05) is 10.7 Å². The lowest BCUT2D eigenvalue weighted by Crippen LogP contribution is -2.32. The van der Waals surface area contributed by atoms with Crippen molar-refractivity contribution < 1.29 is 14.6 Å². The van der Waals surface area contributed by atoms with Crippen LogP contribution in [0.15, 0.2) is 23.4 Å². The Kier molecular flexibility index (Phi) is 5.15. The maximum absolute atomic E-state index is 10.8. The number of carboxylic acid groups (broad SMARTS) is 1. The fraction of sp³-hybridized carbons (Fsp3) is 0.429. The average molecular weight is 420 g/mol. The SMILES string of the molecule is COCC(C)(C)n1c(SCC(=O)O)nc2cc(I)ccc21. The Balaban J connectivity index is 2.56. The van der Waals surface area contributed by atoms with E-state index in [4.69, 9.17) is 9.84 Å². The van der Waals surface area contributed by atoms with Crippen molar-refractivity contribution >= 4 is 51.4 Å². The summed E-state index contributed by atoms with van der Waals surface area (Å²) in [4.78, 5) is 15.4. The molecule has 1 heterocycles. The number of fused-ring (bicyclic) bond motifs is 1. The minimum atomic E-state index is -0.849. The smallest absolute Gasteiger partial charge is 0.313 e. The molecule has 0 aliphatic rings. The molecule has 0 spiro atoms. The summed E-state index contributed by atoms with van der Waals surface area (Å²) in [7, 11) is 1.66. The summed E-state index contributed by atoms with van der Waals surface area (Å²) < 4.78 is 8.47. The predicted molar refractivity (Wildman–Crippen MR) is 92.0 cm³/mol. The van der Waals surface area contributed by atoms with Gasteiger partial charge in [0.1, 0.15) is 0 Å². The number of aromatic nitrogens is 2. The van der Waals surface area contributed by atoms with Crippen molar-refractivity contribution in [2.24, 2.45) is 0 Å². The van der Waals surface area contributed by atoms with Crippen molar-refractivity contribution in [3.63, 3.8) is 0 Å². The molecule has 1 aromatic carbocycles. The van der Waals surface area contributed by atoms with Gasteiger partial charge in [0.15, 0.2) is 5.16 Å². The number of carbonyl (C=O) groups is 1. The number of imidazole rings is 1. The van der Waals surface area contributed by atoms with Crippen LogP contribution in [0.3, 0.4) is 0 Å². The Hall–Kier alpha value is -0.800. The van der Waals surface area contributed by atoms with Crippen molar-refractivity contribution in [3.8, 4) is 0 Å². The van der Waals surface area contributed by atoms with Crippen molar-refractivity contribution in [3.05, 3.63) is 21.8 Å². The second-order valence-corrected chi connectivity index (χ2v) is 7.48. The Morgan fingerprint density at radius 1 is 1.52 bits per heavy atom. The van der Waals surface area contributed by atoms with Crippen molar-refractivity contribution in [1.29, 1.82) is 0 Å². The lowest BCUT2D eigenvalue weighted by molar-refractivity contribution is -0.133. The Labute approximate surface area is 141 Å². The molecule has 7 heteroatoms. The van der Waals surface area contributed by atoms with Gasteiger partial charge in [0.05, 0.1) is 28.9 Å². The molecule has 1 aromatic heterocycles. The molecule has 0 aliphatic carbocycles. The molecular formula is C14H17IN2O3S. The molecule has 0 amide bonds. The zero-order valence-electron chi connectivity index (χ0n) is 12.1. The van der Waals surface area contributed by atoms with E-state index in [-0.39, 0.29) is 11.3 Å². The second-order valence-electron chi connectivity index (χ2n) is 5.29. The summed E-state index contributed by atoms with van der Waals surface area (Å²) >= 11 is 3.48. The van der Waals surface area contributed by atoms with Crippen LogP contribution in [0.5, 0.6) is 0 Å². The first-order valence-corrected chi connectivity index (χ1v) is 8.43. The topological polar surface area (TPSA) is 64.3 Å². The number of benzene rings is 1. The third kappa shape index (κ3) is 3.70. The maximum atomic E-state index is 10.8. The zero-order valence-corrected chi connectivity index (χ0v) is 15.1. The molecule has 0 atom stereocenters.